The normalized spacial score (nSPS) is 30.4. The van der Waals surface area contributed by atoms with E-state index in [1.165, 1.54) is 18.4 Å². The van der Waals surface area contributed by atoms with Gasteiger partial charge in [0.1, 0.15) is 6.04 Å². The standard InChI is InChI=1S/C17H23NO2/c1-3-20-17(19)16-14-9-10-15(11-14)18(16)12(2)13-7-5-4-6-8-13/h4-8,12,14-16H,3,9-11H2,1-2H3/t12-,14?,15?,16+/m1/s1. The van der Waals surface area contributed by atoms with Gasteiger partial charge in [0.05, 0.1) is 6.61 Å². The molecule has 3 heteroatoms. The fraction of sp³-hybridized carbons (Fsp3) is 0.588. The summed E-state index contributed by atoms with van der Waals surface area (Å²) in [6, 6.07) is 11.3. The van der Waals surface area contributed by atoms with Gasteiger partial charge >= 0.3 is 5.97 Å². The Labute approximate surface area is 120 Å². The number of benzene rings is 1. The Morgan fingerprint density at radius 1 is 1.35 bits per heavy atom. The van der Waals surface area contributed by atoms with Crippen molar-refractivity contribution in [1.29, 1.82) is 0 Å². The molecule has 1 aliphatic carbocycles. The molecule has 1 aromatic carbocycles. The maximum atomic E-state index is 12.3. The Bertz CT molecular complexity index is 473. The van der Waals surface area contributed by atoms with Crippen molar-refractivity contribution >= 4 is 5.97 Å². The molecule has 0 spiro atoms. The summed E-state index contributed by atoms with van der Waals surface area (Å²) in [6.45, 7) is 4.57. The molecule has 0 amide bonds. The molecule has 2 aliphatic rings. The molecule has 4 atom stereocenters. The first-order valence-corrected chi connectivity index (χ1v) is 7.71. The van der Waals surface area contributed by atoms with E-state index in [-0.39, 0.29) is 18.1 Å². The quantitative estimate of drug-likeness (QED) is 0.789. The molecule has 2 bridgehead atoms. The topological polar surface area (TPSA) is 29.5 Å². The second kappa shape index (κ2) is 5.57. The van der Waals surface area contributed by atoms with Gasteiger partial charge < -0.3 is 4.74 Å². The van der Waals surface area contributed by atoms with Crippen molar-refractivity contribution in [3.8, 4) is 0 Å². The largest absolute Gasteiger partial charge is 0.465 e. The van der Waals surface area contributed by atoms with Crippen molar-refractivity contribution in [2.45, 2.75) is 51.2 Å². The molecular formula is C17H23NO2. The van der Waals surface area contributed by atoms with Crippen LogP contribution in [-0.4, -0.2) is 29.6 Å². The first-order chi connectivity index (χ1) is 9.72. The molecule has 108 valence electrons. The number of carbonyl (C=O) groups is 1. The molecule has 1 aliphatic heterocycles. The molecule has 2 unspecified atom stereocenters. The highest BCUT2D eigenvalue weighted by atomic mass is 16.5. The van der Waals surface area contributed by atoms with Gasteiger partial charge in [-0.05, 0) is 44.6 Å². The Morgan fingerprint density at radius 2 is 2.10 bits per heavy atom. The van der Waals surface area contributed by atoms with Crippen LogP contribution in [-0.2, 0) is 9.53 Å². The third-order valence-electron chi connectivity index (χ3n) is 4.89. The van der Waals surface area contributed by atoms with Gasteiger partial charge in [0.2, 0.25) is 0 Å². The Morgan fingerprint density at radius 3 is 2.80 bits per heavy atom. The molecule has 1 heterocycles. The van der Waals surface area contributed by atoms with Gasteiger partial charge in [-0.1, -0.05) is 30.3 Å². The van der Waals surface area contributed by atoms with Gasteiger partial charge in [0.15, 0.2) is 0 Å². The third-order valence-corrected chi connectivity index (χ3v) is 4.89. The summed E-state index contributed by atoms with van der Waals surface area (Å²) in [5, 5.41) is 0. The maximum Gasteiger partial charge on any atom is 0.323 e. The van der Waals surface area contributed by atoms with Crippen LogP contribution in [0.15, 0.2) is 30.3 Å². The molecular weight excluding hydrogens is 250 g/mol. The minimum atomic E-state index is -0.0380. The average Bonchev–Trinajstić information content (AvgIpc) is 3.08. The molecule has 0 N–H and O–H groups in total. The van der Waals surface area contributed by atoms with Crippen LogP contribution in [0.2, 0.25) is 0 Å². The third kappa shape index (κ3) is 2.24. The van der Waals surface area contributed by atoms with Crippen LogP contribution in [0.25, 0.3) is 0 Å². The SMILES string of the molecule is CCOC(=O)[C@@H]1C2CCC(C2)N1[C@H](C)c1ccccc1. The summed E-state index contributed by atoms with van der Waals surface area (Å²) < 4.78 is 5.31. The molecule has 3 rings (SSSR count). The van der Waals surface area contributed by atoms with E-state index < -0.39 is 0 Å². The molecule has 1 saturated heterocycles. The van der Waals surface area contributed by atoms with Crippen molar-refractivity contribution in [3.05, 3.63) is 35.9 Å². The van der Waals surface area contributed by atoms with Crippen molar-refractivity contribution in [2.75, 3.05) is 6.61 Å². The first-order valence-electron chi connectivity index (χ1n) is 7.71. The summed E-state index contributed by atoms with van der Waals surface area (Å²) in [6.07, 6.45) is 3.55. The van der Waals surface area contributed by atoms with Crippen LogP contribution in [0, 0.1) is 5.92 Å². The monoisotopic (exact) mass is 273 g/mol. The number of ether oxygens (including phenoxy) is 1. The van der Waals surface area contributed by atoms with E-state index >= 15 is 0 Å². The highest BCUT2D eigenvalue weighted by Crippen LogP contribution is 2.46. The number of hydrogen-bond donors (Lipinski definition) is 0. The number of esters is 1. The minimum Gasteiger partial charge on any atom is -0.465 e. The van der Waals surface area contributed by atoms with Crippen LogP contribution < -0.4 is 0 Å². The second-order valence-electron chi connectivity index (χ2n) is 5.96. The fourth-order valence-corrected chi connectivity index (χ4v) is 4.02. The van der Waals surface area contributed by atoms with E-state index in [9.17, 15) is 4.79 Å². The lowest BCUT2D eigenvalue weighted by atomic mass is 9.96. The second-order valence-corrected chi connectivity index (χ2v) is 5.96. The van der Waals surface area contributed by atoms with Crippen LogP contribution in [0.4, 0.5) is 0 Å². The van der Waals surface area contributed by atoms with Gasteiger partial charge in [-0.25, -0.2) is 0 Å². The summed E-state index contributed by atoms with van der Waals surface area (Å²) in [5.74, 6) is 0.465. The Balaban J connectivity index is 1.84. The summed E-state index contributed by atoms with van der Waals surface area (Å²) >= 11 is 0. The highest BCUT2D eigenvalue weighted by Gasteiger charge is 2.51. The predicted octanol–water partition coefficient (Wildman–Crippen LogP) is 3.16. The minimum absolute atomic E-state index is 0.0255. The molecule has 0 aromatic heterocycles. The number of carbonyl (C=O) groups excluding carboxylic acids is 1. The van der Waals surface area contributed by atoms with E-state index in [1.807, 2.05) is 13.0 Å². The molecule has 20 heavy (non-hydrogen) atoms. The lowest BCUT2D eigenvalue weighted by Crippen LogP contribution is -2.47. The zero-order valence-corrected chi connectivity index (χ0v) is 12.3. The number of rotatable bonds is 4. The highest BCUT2D eigenvalue weighted by molar-refractivity contribution is 5.77. The lowest BCUT2D eigenvalue weighted by Gasteiger charge is -2.38. The fourth-order valence-electron chi connectivity index (χ4n) is 4.02. The van der Waals surface area contributed by atoms with Crippen molar-refractivity contribution in [2.24, 2.45) is 5.92 Å². The lowest BCUT2D eigenvalue weighted by molar-refractivity contribution is -0.152. The maximum absolute atomic E-state index is 12.3. The van der Waals surface area contributed by atoms with Gasteiger partial charge in [-0.2, -0.15) is 0 Å². The number of fused-ring (bicyclic) bond motifs is 2. The summed E-state index contributed by atoms with van der Waals surface area (Å²) in [5.41, 5.74) is 1.29. The van der Waals surface area contributed by atoms with E-state index in [1.54, 1.807) is 0 Å². The van der Waals surface area contributed by atoms with Crippen LogP contribution >= 0.6 is 0 Å². The van der Waals surface area contributed by atoms with Gasteiger partial charge in [0, 0.05) is 12.1 Å². The zero-order valence-electron chi connectivity index (χ0n) is 12.3. The van der Waals surface area contributed by atoms with Crippen molar-refractivity contribution < 1.29 is 9.53 Å². The number of hydrogen-bond acceptors (Lipinski definition) is 3. The van der Waals surface area contributed by atoms with E-state index in [2.05, 4.69) is 36.1 Å². The molecule has 3 nitrogen and oxygen atoms in total. The molecule has 0 radical (unpaired) electrons. The average molecular weight is 273 g/mol. The van der Waals surface area contributed by atoms with Crippen LogP contribution in [0.1, 0.15) is 44.7 Å². The molecule has 1 aromatic rings. The van der Waals surface area contributed by atoms with Crippen molar-refractivity contribution in [3.63, 3.8) is 0 Å². The number of nitrogens with zero attached hydrogens (tertiary/aromatic N) is 1. The van der Waals surface area contributed by atoms with E-state index in [4.69, 9.17) is 4.74 Å². The van der Waals surface area contributed by atoms with Gasteiger partial charge in [-0.3, -0.25) is 9.69 Å². The zero-order chi connectivity index (χ0) is 14.1. The Kier molecular flexibility index (Phi) is 3.79. The first kappa shape index (κ1) is 13.6. The van der Waals surface area contributed by atoms with E-state index in [0.717, 1.165) is 6.42 Å². The van der Waals surface area contributed by atoms with Crippen LogP contribution in [0.5, 0.6) is 0 Å². The summed E-state index contributed by atoms with van der Waals surface area (Å²) in [4.78, 5) is 14.7. The summed E-state index contributed by atoms with van der Waals surface area (Å²) in [7, 11) is 0. The predicted molar refractivity (Wildman–Crippen MR) is 78.2 cm³/mol. The van der Waals surface area contributed by atoms with Gasteiger partial charge in [-0.15, -0.1) is 0 Å². The van der Waals surface area contributed by atoms with Crippen molar-refractivity contribution in [1.82, 2.24) is 4.90 Å². The number of likely N-dealkylation sites (tertiary alicyclic amines) is 1. The van der Waals surface area contributed by atoms with E-state index in [0.29, 0.717) is 18.6 Å². The molecule has 2 fully saturated rings. The van der Waals surface area contributed by atoms with Crippen LogP contribution in [0.3, 0.4) is 0 Å². The number of piperidine rings is 1. The molecule has 1 saturated carbocycles. The van der Waals surface area contributed by atoms with Gasteiger partial charge in [0.25, 0.3) is 0 Å². The smallest absolute Gasteiger partial charge is 0.323 e. The Hall–Kier alpha value is -1.35.